The van der Waals surface area contributed by atoms with Gasteiger partial charge in [-0.3, -0.25) is 0 Å². The van der Waals surface area contributed by atoms with Gasteiger partial charge in [0.15, 0.2) is 0 Å². The van der Waals surface area contributed by atoms with Crippen LogP contribution in [0.15, 0.2) is 188 Å². The van der Waals surface area contributed by atoms with Crippen molar-refractivity contribution in [2.75, 3.05) is 10.6 Å². The number of fused-ring (bicyclic) bond motifs is 6. The summed E-state index contributed by atoms with van der Waals surface area (Å²) in [4.78, 5) is 2.29. The maximum absolute atomic E-state index is 6.53. The molecule has 9 aromatic rings. The largest absolute Gasteiger partial charge is 0.397 e. The van der Waals surface area contributed by atoms with Gasteiger partial charge in [-0.15, -0.1) is 0 Å². The molecule has 2 N–H and O–H groups in total. The lowest BCUT2D eigenvalue weighted by molar-refractivity contribution is 0.661. The first kappa shape index (κ1) is 32.8. The Hall–Kier alpha value is -6.84. The van der Waals surface area contributed by atoms with Crippen LogP contribution in [0, 0.1) is 0 Å². The third-order valence-electron chi connectivity index (χ3n) is 11.6. The minimum absolute atomic E-state index is 0.163. The van der Waals surface area contributed by atoms with Gasteiger partial charge in [0.2, 0.25) is 0 Å². The molecule has 0 saturated carbocycles. The highest BCUT2D eigenvalue weighted by Gasteiger charge is 2.36. The summed E-state index contributed by atoms with van der Waals surface area (Å²) in [5.74, 6) is 0. The van der Waals surface area contributed by atoms with Gasteiger partial charge in [0.05, 0.1) is 22.4 Å². The van der Waals surface area contributed by atoms with E-state index in [4.69, 9.17) is 5.73 Å². The van der Waals surface area contributed by atoms with Crippen LogP contribution in [0.3, 0.4) is 0 Å². The summed E-state index contributed by atoms with van der Waals surface area (Å²) in [5.41, 5.74) is 24.3. The van der Waals surface area contributed by atoms with Crippen LogP contribution in [-0.4, -0.2) is 4.57 Å². The first-order valence-electron chi connectivity index (χ1n) is 19.1. The molecular weight excluding hydrogens is 667 g/mol. The zero-order chi connectivity index (χ0) is 37.1. The van der Waals surface area contributed by atoms with Crippen LogP contribution in [0.5, 0.6) is 0 Å². The first-order chi connectivity index (χ1) is 26.9. The number of anilines is 3. The molecule has 0 unspecified atom stereocenters. The quantitative estimate of drug-likeness (QED) is 0.167. The molecule has 1 aromatic heterocycles. The van der Waals surface area contributed by atoms with Crippen LogP contribution in [0.4, 0.5) is 17.1 Å². The maximum Gasteiger partial charge on any atom is 0.0647 e. The van der Waals surface area contributed by atoms with Gasteiger partial charge >= 0.3 is 0 Å². The molecular formula is C52H41N3. The minimum Gasteiger partial charge on any atom is -0.397 e. The van der Waals surface area contributed by atoms with Gasteiger partial charge in [-0.25, -0.2) is 0 Å². The molecule has 1 aliphatic carbocycles. The Labute approximate surface area is 322 Å². The van der Waals surface area contributed by atoms with Crippen molar-refractivity contribution >= 4 is 38.9 Å². The van der Waals surface area contributed by atoms with Crippen molar-refractivity contribution in [2.24, 2.45) is 0 Å². The third kappa shape index (κ3) is 5.51. The second kappa shape index (κ2) is 12.9. The highest BCUT2D eigenvalue weighted by atomic mass is 15.1. The summed E-state index contributed by atoms with van der Waals surface area (Å²) in [6.45, 7) is 5.45. The van der Waals surface area contributed by atoms with E-state index in [1.165, 1.54) is 71.9 Å². The minimum atomic E-state index is -0.163. The van der Waals surface area contributed by atoms with Gasteiger partial charge in [-0.1, -0.05) is 135 Å². The molecule has 8 aromatic carbocycles. The van der Waals surface area contributed by atoms with Crippen molar-refractivity contribution in [3.8, 4) is 39.1 Å². The number of aromatic nitrogens is 1. The van der Waals surface area contributed by atoms with Gasteiger partial charge in [0.25, 0.3) is 0 Å². The Kier molecular flexibility index (Phi) is 7.71. The predicted octanol–water partition coefficient (Wildman–Crippen LogP) is 13.3. The number of hydrogen-bond acceptors (Lipinski definition) is 2. The van der Waals surface area contributed by atoms with Gasteiger partial charge < -0.3 is 15.2 Å². The molecule has 0 amide bonds. The van der Waals surface area contributed by atoms with E-state index in [-0.39, 0.29) is 5.41 Å². The lowest BCUT2D eigenvalue weighted by Gasteiger charge is -2.26. The van der Waals surface area contributed by atoms with Gasteiger partial charge in [-0.05, 0) is 117 Å². The molecule has 0 radical (unpaired) electrons. The van der Waals surface area contributed by atoms with E-state index in [9.17, 15) is 0 Å². The molecule has 0 bridgehead atoms. The van der Waals surface area contributed by atoms with E-state index in [2.05, 4.69) is 199 Å². The lowest BCUT2D eigenvalue weighted by Crippen LogP contribution is -2.17. The number of hydrogen-bond donors (Lipinski definition) is 1. The molecule has 1 heterocycles. The van der Waals surface area contributed by atoms with Crippen molar-refractivity contribution in [1.82, 2.24) is 4.57 Å². The zero-order valence-corrected chi connectivity index (χ0v) is 31.1. The van der Waals surface area contributed by atoms with Crippen LogP contribution in [0.2, 0.25) is 0 Å². The maximum atomic E-state index is 6.53. The average molecular weight is 708 g/mol. The summed E-state index contributed by atoms with van der Waals surface area (Å²) in [7, 11) is 0. The molecule has 0 atom stereocenters. The molecule has 55 heavy (non-hydrogen) atoms. The number of nitrogens with zero attached hydrogens (tertiary/aromatic N) is 2. The Balaban J connectivity index is 1.12. The van der Waals surface area contributed by atoms with E-state index in [1.54, 1.807) is 0 Å². The SMILES string of the molecule is CC1(C)c2cc(-c3ccccc3)ccc2-c2cc3c4cc(-c5ccccc5)ccc4n(-c4ccc(CN(c5ccccc5)c5ccccc5N)cc4)c3cc21. The monoisotopic (exact) mass is 707 g/mol. The summed E-state index contributed by atoms with van der Waals surface area (Å²) >= 11 is 0. The molecule has 0 spiro atoms. The lowest BCUT2D eigenvalue weighted by atomic mass is 9.81. The average Bonchev–Trinajstić information content (AvgIpc) is 3.67. The summed E-state index contributed by atoms with van der Waals surface area (Å²) in [5, 5.41) is 2.52. The number of para-hydroxylation sites is 3. The summed E-state index contributed by atoms with van der Waals surface area (Å²) in [6.07, 6.45) is 0. The Bertz CT molecular complexity index is 2850. The number of rotatable bonds is 7. The summed E-state index contributed by atoms with van der Waals surface area (Å²) < 4.78 is 2.46. The van der Waals surface area contributed by atoms with E-state index in [0.29, 0.717) is 6.54 Å². The molecule has 3 nitrogen and oxygen atoms in total. The number of benzene rings is 8. The zero-order valence-electron chi connectivity index (χ0n) is 31.1. The van der Waals surface area contributed by atoms with E-state index < -0.39 is 0 Å². The molecule has 264 valence electrons. The Morgan fingerprint density at radius 2 is 1.07 bits per heavy atom. The van der Waals surface area contributed by atoms with Crippen molar-refractivity contribution in [3.05, 3.63) is 205 Å². The number of nitrogen functional groups attached to an aromatic ring is 1. The van der Waals surface area contributed by atoms with Crippen LogP contribution in [0.1, 0.15) is 30.5 Å². The molecule has 0 fully saturated rings. The van der Waals surface area contributed by atoms with Crippen molar-refractivity contribution in [1.29, 1.82) is 0 Å². The second-order valence-corrected chi connectivity index (χ2v) is 15.2. The smallest absolute Gasteiger partial charge is 0.0647 e. The van der Waals surface area contributed by atoms with Crippen molar-refractivity contribution < 1.29 is 0 Å². The van der Waals surface area contributed by atoms with E-state index in [0.717, 1.165) is 22.7 Å². The fourth-order valence-electron chi connectivity index (χ4n) is 8.74. The molecule has 3 heteroatoms. The van der Waals surface area contributed by atoms with Crippen LogP contribution >= 0.6 is 0 Å². The molecule has 0 saturated heterocycles. The number of nitrogens with two attached hydrogens (primary N) is 1. The van der Waals surface area contributed by atoms with Gasteiger partial charge in [-0.2, -0.15) is 0 Å². The van der Waals surface area contributed by atoms with Crippen LogP contribution < -0.4 is 10.6 Å². The highest BCUT2D eigenvalue weighted by molar-refractivity contribution is 6.12. The van der Waals surface area contributed by atoms with Crippen molar-refractivity contribution in [3.63, 3.8) is 0 Å². The molecule has 0 aliphatic heterocycles. The summed E-state index contributed by atoms with van der Waals surface area (Å²) in [6, 6.07) is 68.0. The topological polar surface area (TPSA) is 34.2 Å². The predicted molar refractivity (Wildman–Crippen MR) is 232 cm³/mol. The van der Waals surface area contributed by atoms with E-state index >= 15 is 0 Å². The third-order valence-corrected chi connectivity index (χ3v) is 11.6. The second-order valence-electron chi connectivity index (χ2n) is 15.2. The van der Waals surface area contributed by atoms with Crippen LogP contribution in [-0.2, 0) is 12.0 Å². The molecule has 1 aliphatic rings. The van der Waals surface area contributed by atoms with Crippen LogP contribution in [0.25, 0.3) is 60.9 Å². The van der Waals surface area contributed by atoms with Gasteiger partial charge in [0, 0.05) is 34.1 Å². The standard InChI is InChI=1S/C52H41N3/c1-52(2)46-31-39(37-16-8-4-9-17-37)24-28-42(46)43-32-45-44-30-38(36-14-6-3-7-15-36)25-29-49(44)55(51(45)33-47(43)52)41-26-22-35(23-27-41)34-54(40-18-10-5-11-19-40)50-21-13-12-20-48(50)53/h3-33H,34,53H2,1-2H3. The first-order valence-corrected chi connectivity index (χ1v) is 19.1. The fourth-order valence-corrected chi connectivity index (χ4v) is 8.74. The van der Waals surface area contributed by atoms with E-state index in [1.807, 2.05) is 12.1 Å². The highest BCUT2D eigenvalue weighted by Crippen LogP contribution is 2.52. The Morgan fingerprint density at radius 3 is 1.76 bits per heavy atom. The van der Waals surface area contributed by atoms with Crippen molar-refractivity contribution in [2.45, 2.75) is 25.8 Å². The normalized spacial score (nSPS) is 12.8. The van der Waals surface area contributed by atoms with Gasteiger partial charge in [0.1, 0.15) is 0 Å². The fraction of sp³-hybridized carbons (Fsp3) is 0.0769. The molecule has 10 rings (SSSR count). The Morgan fingerprint density at radius 1 is 0.491 bits per heavy atom.